The van der Waals surface area contributed by atoms with E-state index in [0.29, 0.717) is 23.1 Å². The van der Waals surface area contributed by atoms with Gasteiger partial charge in [0.15, 0.2) is 0 Å². The summed E-state index contributed by atoms with van der Waals surface area (Å²) >= 11 is 12.2. The smallest absolute Gasteiger partial charge is 0.260 e. The van der Waals surface area contributed by atoms with Gasteiger partial charge in [0.25, 0.3) is 10.0 Å². The number of hydrogen-bond acceptors (Lipinski definition) is 3. The van der Waals surface area contributed by atoms with E-state index >= 15 is 0 Å². The van der Waals surface area contributed by atoms with Gasteiger partial charge >= 0.3 is 0 Å². The molecule has 1 fully saturated rings. The first kappa shape index (κ1) is 24.5. The van der Waals surface area contributed by atoms with Gasteiger partial charge in [-0.1, -0.05) is 70.1 Å². The monoisotopic (exact) mass is 516 g/mol. The van der Waals surface area contributed by atoms with Crippen molar-refractivity contribution < 1.29 is 8.42 Å². The van der Waals surface area contributed by atoms with Gasteiger partial charge in [0.1, 0.15) is 0 Å². The second kappa shape index (κ2) is 9.96. The van der Waals surface area contributed by atoms with Gasteiger partial charge in [-0.2, -0.15) is 0 Å². The summed E-state index contributed by atoms with van der Waals surface area (Å²) < 4.78 is 29.6. The van der Waals surface area contributed by atoms with Gasteiger partial charge in [-0.05, 0) is 54.4 Å². The Kier molecular flexibility index (Phi) is 7.19. The Morgan fingerprint density at radius 1 is 0.941 bits per heavy atom. The molecule has 1 aliphatic rings. The fraction of sp³-hybridized carbons (Fsp3) is 0.240. The summed E-state index contributed by atoms with van der Waals surface area (Å²) in [5, 5.41) is 11.4. The molecule has 0 aliphatic carbocycles. The lowest BCUT2D eigenvalue weighted by molar-refractivity contribution is 0.156. The Morgan fingerprint density at radius 2 is 1.50 bits per heavy atom. The first-order chi connectivity index (χ1) is 16.2. The number of hydrogen-bond donors (Lipinski definition) is 1. The minimum absolute atomic E-state index is 0.109. The molecular weight excluding hydrogens is 491 g/mol. The number of rotatable bonds is 5. The molecule has 1 heterocycles. The zero-order valence-corrected chi connectivity index (χ0v) is 21.2. The molecular formula is C25H26Cl2N4O2S. The third-order valence-electron chi connectivity index (χ3n) is 6.10. The summed E-state index contributed by atoms with van der Waals surface area (Å²) in [4.78, 5) is 1.83. The second-order valence-corrected chi connectivity index (χ2v) is 10.8. The predicted octanol–water partition coefficient (Wildman–Crippen LogP) is 5.63. The maximum Gasteiger partial charge on any atom is 0.260 e. The van der Waals surface area contributed by atoms with E-state index in [1.165, 1.54) is 16.5 Å². The van der Waals surface area contributed by atoms with Crippen molar-refractivity contribution in [3.63, 3.8) is 0 Å². The van der Waals surface area contributed by atoms with Crippen LogP contribution >= 0.6 is 23.2 Å². The van der Waals surface area contributed by atoms with E-state index in [1.807, 2.05) is 49.4 Å². The van der Waals surface area contributed by atoms with Crippen molar-refractivity contribution in [2.24, 2.45) is 0 Å². The van der Waals surface area contributed by atoms with Crippen LogP contribution in [0.15, 0.2) is 83.8 Å². The Bertz CT molecular complexity index is 1250. The van der Waals surface area contributed by atoms with Crippen molar-refractivity contribution in [3.8, 4) is 0 Å². The SMILES string of the molecule is CCN(C)C(=N)N1CC(c2ccccc2)C(c2ccc(Cl)cc2)N1S(=O)(=O)c1ccc(Cl)cc1. The van der Waals surface area contributed by atoms with Gasteiger partial charge in [0, 0.05) is 36.1 Å². The topological polar surface area (TPSA) is 67.7 Å². The highest BCUT2D eigenvalue weighted by atomic mass is 35.5. The molecule has 0 spiro atoms. The summed E-state index contributed by atoms with van der Waals surface area (Å²) in [5.41, 5.74) is 1.79. The zero-order chi connectivity index (χ0) is 24.5. The molecule has 178 valence electrons. The second-order valence-electron chi connectivity index (χ2n) is 8.16. The van der Waals surface area contributed by atoms with Gasteiger partial charge in [0.2, 0.25) is 5.96 Å². The molecule has 1 aliphatic heterocycles. The molecule has 4 rings (SSSR count). The minimum Gasteiger partial charge on any atom is -0.345 e. The van der Waals surface area contributed by atoms with Gasteiger partial charge < -0.3 is 4.90 Å². The van der Waals surface area contributed by atoms with Crippen LogP contribution in [-0.4, -0.2) is 48.8 Å². The number of halogens is 2. The van der Waals surface area contributed by atoms with Crippen LogP contribution in [-0.2, 0) is 10.0 Å². The molecule has 0 aromatic heterocycles. The molecule has 0 saturated carbocycles. The van der Waals surface area contributed by atoms with Gasteiger partial charge in [0.05, 0.1) is 10.9 Å². The van der Waals surface area contributed by atoms with Crippen molar-refractivity contribution in [1.29, 1.82) is 5.41 Å². The fourth-order valence-electron chi connectivity index (χ4n) is 4.20. The maximum absolute atomic E-state index is 14.1. The van der Waals surface area contributed by atoms with Crippen LogP contribution in [0.3, 0.4) is 0 Å². The molecule has 1 saturated heterocycles. The van der Waals surface area contributed by atoms with Gasteiger partial charge in [-0.15, -0.1) is 0 Å². The Hall–Kier alpha value is -2.58. The van der Waals surface area contributed by atoms with E-state index in [1.54, 1.807) is 41.2 Å². The highest BCUT2D eigenvalue weighted by molar-refractivity contribution is 7.89. The van der Waals surface area contributed by atoms with Crippen LogP contribution in [0, 0.1) is 5.41 Å². The highest BCUT2D eigenvalue weighted by Gasteiger charge is 2.49. The number of nitrogens with one attached hydrogen (secondary N) is 1. The van der Waals surface area contributed by atoms with E-state index in [4.69, 9.17) is 28.6 Å². The summed E-state index contributed by atoms with van der Waals surface area (Å²) in [6.45, 7) is 2.81. The Balaban J connectivity index is 1.92. The first-order valence-corrected chi connectivity index (χ1v) is 13.1. The maximum atomic E-state index is 14.1. The molecule has 6 nitrogen and oxygen atoms in total. The van der Waals surface area contributed by atoms with E-state index in [2.05, 4.69) is 0 Å². The molecule has 2 unspecified atom stereocenters. The summed E-state index contributed by atoms with van der Waals surface area (Å²) in [5.74, 6) is -0.104. The average Bonchev–Trinajstić information content (AvgIpc) is 3.26. The summed E-state index contributed by atoms with van der Waals surface area (Å²) in [6.07, 6.45) is 0. The number of guanidine groups is 1. The third-order valence-corrected chi connectivity index (χ3v) is 8.39. The number of nitrogens with zero attached hydrogens (tertiary/aromatic N) is 3. The van der Waals surface area contributed by atoms with Crippen LogP contribution in [0.1, 0.15) is 30.0 Å². The standard InChI is InChI=1S/C25H26Cl2N4O2S/c1-3-29(2)25(28)30-17-23(18-7-5-4-6-8-18)24(19-9-11-20(26)12-10-19)31(30)34(32,33)22-15-13-21(27)14-16-22/h4-16,23-24,28H,3,17H2,1-2H3. The van der Waals surface area contributed by atoms with Crippen molar-refractivity contribution in [1.82, 2.24) is 14.3 Å². The van der Waals surface area contributed by atoms with Crippen molar-refractivity contribution in [3.05, 3.63) is 100 Å². The summed E-state index contributed by atoms with van der Waals surface area (Å²) in [6, 6.07) is 22.6. The lowest BCUT2D eigenvalue weighted by Crippen LogP contribution is -2.50. The number of sulfonamides is 1. The molecule has 3 aromatic rings. The molecule has 0 radical (unpaired) electrons. The van der Waals surface area contributed by atoms with Crippen molar-refractivity contribution >= 4 is 39.2 Å². The third kappa shape index (κ3) is 4.66. The van der Waals surface area contributed by atoms with Gasteiger partial charge in [-0.3, -0.25) is 10.4 Å². The lowest BCUT2D eigenvalue weighted by atomic mass is 9.89. The van der Waals surface area contributed by atoms with Crippen LogP contribution in [0.25, 0.3) is 0 Å². The fourth-order valence-corrected chi connectivity index (χ4v) is 6.12. The molecule has 1 N–H and O–H groups in total. The molecule has 9 heteroatoms. The van der Waals surface area contributed by atoms with E-state index in [0.717, 1.165) is 11.1 Å². The summed E-state index contributed by atoms with van der Waals surface area (Å²) in [7, 11) is -2.26. The normalized spacial score (nSPS) is 18.8. The molecule has 3 aromatic carbocycles. The molecule has 2 atom stereocenters. The van der Waals surface area contributed by atoms with E-state index in [9.17, 15) is 8.42 Å². The first-order valence-electron chi connectivity index (χ1n) is 10.9. The Morgan fingerprint density at radius 3 is 2.06 bits per heavy atom. The predicted molar refractivity (Wildman–Crippen MR) is 137 cm³/mol. The Labute approximate surface area is 210 Å². The number of hydrazine groups is 1. The largest absolute Gasteiger partial charge is 0.345 e. The van der Waals surface area contributed by atoms with Gasteiger partial charge in [-0.25, -0.2) is 8.42 Å². The van der Waals surface area contributed by atoms with E-state index < -0.39 is 16.1 Å². The average molecular weight is 517 g/mol. The molecule has 34 heavy (non-hydrogen) atoms. The number of benzene rings is 3. The lowest BCUT2D eigenvalue weighted by Gasteiger charge is -2.35. The van der Waals surface area contributed by atoms with Crippen molar-refractivity contribution in [2.45, 2.75) is 23.8 Å². The van der Waals surface area contributed by atoms with Crippen LogP contribution < -0.4 is 0 Å². The van der Waals surface area contributed by atoms with Crippen molar-refractivity contribution in [2.75, 3.05) is 20.1 Å². The zero-order valence-electron chi connectivity index (χ0n) is 18.9. The minimum atomic E-state index is -4.04. The van der Waals surface area contributed by atoms with Crippen LogP contribution in [0.5, 0.6) is 0 Å². The quantitative estimate of drug-likeness (QED) is 0.352. The van der Waals surface area contributed by atoms with Crippen LogP contribution in [0.2, 0.25) is 10.0 Å². The highest BCUT2D eigenvalue weighted by Crippen LogP contribution is 2.46. The molecule has 0 bridgehead atoms. The molecule has 0 amide bonds. The van der Waals surface area contributed by atoms with E-state index in [-0.39, 0.29) is 16.8 Å². The van der Waals surface area contributed by atoms with Crippen LogP contribution in [0.4, 0.5) is 0 Å².